The highest BCUT2D eigenvalue weighted by Gasteiger charge is 2.12. The van der Waals surface area contributed by atoms with Gasteiger partial charge in [-0.2, -0.15) is 0 Å². The molecule has 4 heteroatoms. The van der Waals surface area contributed by atoms with Gasteiger partial charge in [0.05, 0.1) is 13.7 Å². The highest BCUT2D eigenvalue weighted by molar-refractivity contribution is 5.78. The molecular weight excluding hydrogens is 240 g/mol. The second-order valence-corrected chi connectivity index (χ2v) is 5.71. The van der Waals surface area contributed by atoms with Gasteiger partial charge in [0.15, 0.2) is 0 Å². The van der Waals surface area contributed by atoms with Gasteiger partial charge in [0.25, 0.3) is 0 Å². The van der Waals surface area contributed by atoms with Crippen molar-refractivity contribution in [3.05, 3.63) is 29.3 Å². The van der Waals surface area contributed by atoms with Gasteiger partial charge in [-0.25, -0.2) is 0 Å². The van der Waals surface area contributed by atoms with Gasteiger partial charge in [0.1, 0.15) is 5.75 Å². The van der Waals surface area contributed by atoms with Crippen LogP contribution in [0.4, 0.5) is 0 Å². The number of methoxy groups -OCH3 is 1. The molecule has 1 aromatic rings. The number of amides is 1. The van der Waals surface area contributed by atoms with Crippen LogP contribution in [0.1, 0.15) is 31.9 Å². The van der Waals surface area contributed by atoms with Gasteiger partial charge in [0.2, 0.25) is 5.91 Å². The monoisotopic (exact) mass is 264 g/mol. The van der Waals surface area contributed by atoms with Gasteiger partial charge in [0, 0.05) is 12.1 Å². The Bertz CT molecular complexity index is 436. The molecule has 0 saturated carbocycles. The van der Waals surface area contributed by atoms with E-state index in [0.29, 0.717) is 13.1 Å². The number of benzene rings is 1. The number of ether oxygens (including phenoxy) is 1. The largest absolute Gasteiger partial charge is 0.496 e. The van der Waals surface area contributed by atoms with Crippen molar-refractivity contribution in [3.8, 4) is 5.75 Å². The van der Waals surface area contributed by atoms with Crippen LogP contribution >= 0.6 is 0 Å². The van der Waals surface area contributed by atoms with Crippen molar-refractivity contribution in [3.63, 3.8) is 0 Å². The van der Waals surface area contributed by atoms with Crippen molar-refractivity contribution in [2.75, 3.05) is 13.7 Å². The van der Waals surface area contributed by atoms with Crippen LogP contribution in [0.2, 0.25) is 0 Å². The van der Waals surface area contributed by atoms with E-state index in [1.165, 1.54) is 0 Å². The van der Waals surface area contributed by atoms with Gasteiger partial charge in [-0.3, -0.25) is 4.79 Å². The Morgan fingerprint density at radius 1 is 1.32 bits per heavy atom. The zero-order valence-electron chi connectivity index (χ0n) is 12.5. The first-order valence-corrected chi connectivity index (χ1v) is 6.47. The second-order valence-electron chi connectivity index (χ2n) is 5.71. The summed E-state index contributed by atoms with van der Waals surface area (Å²) in [7, 11) is 1.66. The maximum absolute atomic E-state index is 11.6. The van der Waals surface area contributed by atoms with Gasteiger partial charge < -0.3 is 15.4 Å². The molecule has 0 aliphatic carbocycles. The minimum absolute atomic E-state index is 0.0118. The third-order valence-corrected chi connectivity index (χ3v) is 2.59. The molecular formula is C15H24N2O2. The molecule has 1 aromatic carbocycles. The lowest BCUT2D eigenvalue weighted by Gasteiger charge is -2.20. The molecule has 0 fully saturated rings. The Morgan fingerprint density at radius 3 is 2.53 bits per heavy atom. The quantitative estimate of drug-likeness (QED) is 0.855. The average molecular weight is 264 g/mol. The van der Waals surface area contributed by atoms with Crippen molar-refractivity contribution in [2.45, 2.75) is 39.8 Å². The SMILES string of the molecule is COc1ccc(CNCC(=O)NC(C)(C)C)cc1C. The minimum atomic E-state index is -0.185. The molecule has 0 unspecified atom stereocenters. The van der Waals surface area contributed by atoms with E-state index in [0.717, 1.165) is 16.9 Å². The molecule has 19 heavy (non-hydrogen) atoms. The first-order chi connectivity index (χ1) is 8.81. The van der Waals surface area contributed by atoms with E-state index in [-0.39, 0.29) is 11.4 Å². The molecule has 2 N–H and O–H groups in total. The van der Waals surface area contributed by atoms with Crippen LogP contribution in [0, 0.1) is 6.92 Å². The fourth-order valence-corrected chi connectivity index (χ4v) is 1.83. The summed E-state index contributed by atoms with van der Waals surface area (Å²) in [6.45, 7) is 8.91. The third-order valence-electron chi connectivity index (χ3n) is 2.59. The normalized spacial score (nSPS) is 11.2. The first-order valence-electron chi connectivity index (χ1n) is 6.47. The Kier molecular flexibility index (Phi) is 5.36. The highest BCUT2D eigenvalue weighted by atomic mass is 16.5. The van der Waals surface area contributed by atoms with E-state index in [2.05, 4.69) is 16.7 Å². The van der Waals surface area contributed by atoms with Crippen LogP contribution in [0.25, 0.3) is 0 Å². The third kappa shape index (κ3) is 5.75. The van der Waals surface area contributed by atoms with Crippen LogP contribution < -0.4 is 15.4 Å². The van der Waals surface area contributed by atoms with Crippen molar-refractivity contribution in [1.29, 1.82) is 0 Å². The van der Waals surface area contributed by atoms with Crippen LogP contribution in [-0.2, 0) is 11.3 Å². The summed E-state index contributed by atoms with van der Waals surface area (Å²) in [6.07, 6.45) is 0. The number of hydrogen-bond acceptors (Lipinski definition) is 3. The number of nitrogens with one attached hydrogen (secondary N) is 2. The van der Waals surface area contributed by atoms with Crippen molar-refractivity contribution >= 4 is 5.91 Å². The molecule has 0 radical (unpaired) electrons. The summed E-state index contributed by atoms with van der Waals surface area (Å²) >= 11 is 0. The summed E-state index contributed by atoms with van der Waals surface area (Å²) in [6, 6.07) is 6.01. The number of hydrogen-bond donors (Lipinski definition) is 2. The van der Waals surface area contributed by atoms with Gasteiger partial charge in [-0.05, 0) is 44.9 Å². The molecule has 1 rings (SSSR count). The summed E-state index contributed by atoms with van der Waals surface area (Å²) in [5.74, 6) is 0.895. The molecule has 0 atom stereocenters. The fourth-order valence-electron chi connectivity index (χ4n) is 1.83. The highest BCUT2D eigenvalue weighted by Crippen LogP contribution is 2.18. The molecule has 4 nitrogen and oxygen atoms in total. The Morgan fingerprint density at radius 2 is 2.00 bits per heavy atom. The maximum Gasteiger partial charge on any atom is 0.234 e. The van der Waals surface area contributed by atoms with E-state index in [9.17, 15) is 4.79 Å². The number of aryl methyl sites for hydroxylation is 1. The molecule has 0 aliphatic rings. The van der Waals surface area contributed by atoms with Crippen LogP contribution in [0.5, 0.6) is 5.75 Å². The second kappa shape index (κ2) is 6.57. The number of rotatable bonds is 5. The lowest BCUT2D eigenvalue weighted by Crippen LogP contribution is -2.44. The summed E-state index contributed by atoms with van der Waals surface area (Å²) in [5, 5.41) is 6.05. The van der Waals surface area contributed by atoms with Gasteiger partial charge in [-0.1, -0.05) is 12.1 Å². The van der Waals surface area contributed by atoms with Crippen molar-refractivity contribution in [1.82, 2.24) is 10.6 Å². The molecule has 0 heterocycles. The van der Waals surface area contributed by atoms with E-state index < -0.39 is 0 Å². The van der Waals surface area contributed by atoms with E-state index >= 15 is 0 Å². The minimum Gasteiger partial charge on any atom is -0.496 e. The zero-order valence-corrected chi connectivity index (χ0v) is 12.5. The van der Waals surface area contributed by atoms with E-state index in [4.69, 9.17) is 4.74 Å². The van der Waals surface area contributed by atoms with Crippen LogP contribution in [0.15, 0.2) is 18.2 Å². The number of carbonyl (C=O) groups is 1. The van der Waals surface area contributed by atoms with Crippen LogP contribution in [-0.4, -0.2) is 25.1 Å². The predicted octanol–water partition coefficient (Wildman–Crippen LogP) is 2.01. The van der Waals surface area contributed by atoms with Gasteiger partial charge >= 0.3 is 0 Å². The molecule has 0 saturated heterocycles. The smallest absolute Gasteiger partial charge is 0.234 e. The maximum atomic E-state index is 11.6. The fraction of sp³-hybridized carbons (Fsp3) is 0.533. The predicted molar refractivity (Wildman–Crippen MR) is 77.3 cm³/mol. The Labute approximate surface area is 115 Å². The summed E-state index contributed by atoms with van der Waals surface area (Å²) in [5.41, 5.74) is 2.05. The molecule has 0 aliphatic heterocycles. The first kappa shape index (κ1) is 15.5. The zero-order chi connectivity index (χ0) is 14.5. The number of carbonyl (C=O) groups excluding carboxylic acids is 1. The summed E-state index contributed by atoms with van der Waals surface area (Å²) in [4.78, 5) is 11.6. The van der Waals surface area contributed by atoms with E-state index in [1.807, 2.05) is 39.8 Å². The van der Waals surface area contributed by atoms with E-state index in [1.54, 1.807) is 7.11 Å². The summed E-state index contributed by atoms with van der Waals surface area (Å²) < 4.78 is 5.21. The molecule has 0 aromatic heterocycles. The Balaban J connectivity index is 2.41. The van der Waals surface area contributed by atoms with Crippen molar-refractivity contribution in [2.24, 2.45) is 0 Å². The topological polar surface area (TPSA) is 50.4 Å². The Hall–Kier alpha value is -1.55. The molecule has 0 spiro atoms. The lowest BCUT2D eigenvalue weighted by atomic mass is 10.1. The molecule has 1 amide bonds. The van der Waals surface area contributed by atoms with Crippen LogP contribution in [0.3, 0.4) is 0 Å². The van der Waals surface area contributed by atoms with Crippen molar-refractivity contribution < 1.29 is 9.53 Å². The molecule has 106 valence electrons. The van der Waals surface area contributed by atoms with Gasteiger partial charge in [-0.15, -0.1) is 0 Å². The molecule has 0 bridgehead atoms. The average Bonchev–Trinajstić information content (AvgIpc) is 2.26. The standard InChI is InChI=1S/C15H24N2O2/c1-11-8-12(6-7-13(11)19-5)9-16-10-14(18)17-15(2,3)4/h6-8,16H,9-10H2,1-5H3,(H,17,18). The lowest BCUT2D eigenvalue weighted by molar-refractivity contribution is -0.121.